The number of hydrogen-bond donors (Lipinski definition) is 1. The highest BCUT2D eigenvalue weighted by molar-refractivity contribution is 6.35. The summed E-state index contributed by atoms with van der Waals surface area (Å²) >= 11 is 0. The molecule has 1 heterocycles. The number of piperazine rings is 1. The Kier molecular flexibility index (Phi) is 4.55. The van der Waals surface area contributed by atoms with Crippen molar-refractivity contribution < 1.29 is 19.1 Å². The highest BCUT2D eigenvalue weighted by Crippen LogP contribution is 2.14. The number of aliphatic hydroxyl groups is 1. The molecule has 0 aliphatic carbocycles. The number of aliphatic hydroxyl groups excluding tert-OH is 1. The Morgan fingerprint density at radius 3 is 2.76 bits per heavy atom. The van der Waals surface area contributed by atoms with Crippen LogP contribution in [0.2, 0.25) is 0 Å². The standard InChI is InChI=1S/C15H15FN2O3/c1-17-6-7-18(15(21)14(17)20)10-11-4-5-13(16)12(9-11)3-2-8-19/h4-5,9,19H,6-8,10H2,1H3. The number of nitrogens with zero attached hydrogens (tertiary/aromatic N) is 2. The Labute approximate surface area is 122 Å². The van der Waals surface area contributed by atoms with Crippen molar-refractivity contribution in [2.24, 2.45) is 0 Å². The lowest BCUT2D eigenvalue weighted by molar-refractivity contribution is -0.155. The molecule has 21 heavy (non-hydrogen) atoms. The monoisotopic (exact) mass is 290 g/mol. The quantitative estimate of drug-likeness (QED) is 0.614. The third kappa shape index (κ3) is 3.38. The predicted octanol–water partition coefficient (Wildman–Crippen LogP) is -0.0299. The van der Waals surface area contributed by atoms with Crippen molar-refractivity contribution in [2.75, 3.05) is 26.7 Å². The minimum absolute atomic E-state index is 0.162. The van der Waals surface area contributed by atoms with Crippen molar-refractivity contribution >= 4 is 11.8 Å². The molecule has 0 bridgehead atoms. The Hall–Kier alpha value is -2.39. The summed E-state index contributed by atoms with van der Waals surface area (Å²) in [4.78, 5) is 26.3. The van der Waals surface area contributed by atoms with E-state index in [2.05, 4.69) is 11.8 Å². The van der Waals surface area contributed by atoms with Gasteiger partial charge in [0.05, 0.1) is 5.56 Å². The van der Waals surface area contributed by atoms with Crippen molar-refractivity contribution in [2.45, 2.75) is 6.54 Å². The van der Waals surface area contributed by atoms with Gasteiger partial charge in [0.2, 0.25) is 0 Å². The summed E-state index contributed by atoms with van der Waals surface area (Å²) in [6.07, 6.45) is 0. The molecule has 0 spiro atoms. The van der Waals surface area contributed by atoms with Gasteiger partial charge in [0.1, 0.15) is 12.4 Å². The maximum absolute atomic E-state index is 13.5. The molecule has 1 aromatic carbocycles. The van der Waals surface area contributed by atoms with Crippen molar-refractivity contribution in [3.63, 3.8) is 0 Å². The topological polar surface area (TPSA) is 60.9 Å². The van der Waals surface area contributed by atoms with Crippen LogP contribution in [0.1, 0.15) is 11.1 Å². The molecule has 1 N–H and O–H groups in total. The lowest BCUT2D eigenvalue weighted by Crippen LogP contribution is -2.52. The highest BCUT2D eigenvalue weighted by Gasteiger charge is 2.30. The molecule has 0 saturated carbocycles. The third-order valence-electron chi connectivity index (χ3n) is 3.23. The molecule has 6 heteroatoms. The van der Waals surface area contributed by atoms with Gasteiger partial charge in [-0.3, -0.25) is 9.59 Å². The number of amides is 2. The smallest absolute Gasteiger partial charge is 0.312 e. The summed E-state index contributed by atoms with van der Waals surface area (Å²) in [7, 11) is 1.58. The van der Waals surface area contributed by atoms with Crippen LogP contribution in [0.5, 0.6) is 0 Å². The summed E-state index contributed by atoms with van der Waals surface area (Å²) in [6.45, 7) is 0.792. The Balaban J connectivity index is 2.16. The second kappa shape index (κ2) is 6.37. The SMILES string of the molecule is CN1CCN(Cc2ccc(F)c(C#CCO)c2)C(=O)C1=O. The summed E-state index contributed by atoms with van der Waals surface area (Å²) in [5, 5.41) is 8.65. The van der Waals surface area contributed by atoms with Gasteiger partial charge in [0, 0.05) is 26.7 Å². The van der Waals surface area contributed by atoms with Gasteiger partial charge in [-0.05, 0) is 17.7 Å². The zero-order valence-electron chi connectivity index (χ0n) is 11.6. The fourth-order valence-electron chi connectivity index (χ4n) is 2.04. The number of carbonyl (C=O) groups excluding carboxylic acids is 2. The molecule has 1 saturated heterocycles. The van der Waals surface area contributed by atoms with Gasteiger partial charge < -0.3 is 14.9 Å². The summed E-state index contributed by atoms with van der Waals surface area (Å²) in [6, 6.07) is 4.34. The number of halogens is 1. The molecule has 1 aromatic rings. The van der Waals surface area contributed by atoms with E-state index in [0.29, 0.717) is 18.7 Å². The van der Waals surface area contributed by atoms with Gasteiger partial charge >= 0.3 is 11.8 Å². The van der Waals surface area contributed by atoms with E-state index in [4.69, 9.17) is 5.11 Å². The summed E-state index contributed by atoms with van der Waals surface area (Å²) in [5.41, 5.74) is 0.846. The van der Waals surface area contributed by atoms with E-state index < -0.39 is 17.6 Å². The Morgan fingerprint density at radius 2 is 2.05 bits per heavy atom. The predicted molar refractivity (Wildman–Crippen MR) is 73.4 cm³/mol. The Morgan fingerprint density at radius 1 is 1.29 bits per heavy atom. The fourth-order valence-corrected chi connectivity index (χ4v) is 2.04. The van der Waals surface area contributed by atoms with Gasteiger partial charge in [-0.15, -0.1) is 0 Å². The van der Waals surface area contributed by atoms with Crippen molar-refractivity contribution in [3.05, 3.63) is 35.1 Å². The highest BCUT2D eigenvalue weighted by atomic mass is 19.1. The van der Waals surface area contributed by atoms with Gasteiger partial charge in [0.25, 0.3) is 0 Å². The van der Waals surface area contributed by atoms with Gasteiger partial charge in [0.15, 0.2) is 0 Å². The molecular formula is C15H15FN2O3. The lowest BCUT2D eigenvalue weighted by Gasteiger charge is -2.31. The summed E-state index contributed by atoms with van der Waals surface area (Å²) < 4.78 is 13.5. The van der Waals surface area contributed by atoms with E-state index >= 15 is 0 Å². The normalized spacial score (nSPS) is 15.0. The number of rotatable bonds is 2. The van der Waals surface area contributed by atoms with E-state index in [1.807, 2.05) is 0 Å². The first-order chi connectivity index (χ1) is 10.0. The van der Waals surface area contributed by atoms with Crippen LogP contribution in [0.15, 0.2) is 18.2 Å². The van der Waals surface area contributed by atoms with Crippen molar-refractivity contribution in [1.29, 1.82) is 0 Å². The van der Waals surface area contributed by atoms with Crippen molar-refractivity contribution in [1.82, 2.24) is 9.80 Å². The molecule has 1 aliphatic rings. The van der Waals surface area contributed by atoms with Gasteiger partial charge in [-0.2, -0.15) is 0 Å². The van der Waals surface area contributed by atoms with Crippen LogP contribution < -0.4 is 0 Å². The van der Waals surface area contributed by atoms with E-state index in [1.165, 1.54) is 21.9 Å². The third-order valence-corrected chi connectivity index (χ3v) is 3.23. The molecule has 2 rings (SSSR count). The average Bonchev–Trinajstić information content (AvgIpc) is 2.48. The van der Waals surface area contributed by atoms with Crippen LogP contribution in [-0.2, 0) is 16.1 Å². The molecule has 1 fully saturated rings. The fraction of sp³-hybridized carbons (Fsp3) is 0.333. The maximum Gasteiger partial charge on any atom is 0.312 e. The van der Waals surface area contributed by atoms with Crippen LogP contribution in [0.4, 0.5) is 4.39 Å². The summed E-state index contributed by atoms with van der Waals surface area (Å²) in [5.74, 6) is 3.31. The number of likely N-dealkylation sites (N-methyl/N-ethyl adjacent to an activating group) is 1. The maximum atomic E-state index is 13.5. The first-order valence-electron chi connectivity index (χ1n) is 6.45. The van der Waals surface area contributed by atoms with Crippen LogP contribution in [0.25, 0.3) is 0 Å². The van der Waals surface area contributed by atoms with Crippen LogP contribution in [0, 0.1) is 17.7 Å². The molecule has 0 unspecified atom stereocenters. The molecule has 0 radical (unpaired) electrons. The van der Waals surface area contributed by atoms with E-state index in [1.54, 1.807) is 13.1 Å². The molecule has 0 aromatic heterocycles. The zero-order chi connectivity index (χ0) is 15.4. The van der Waals surface area contributed by atoms with Crippen LogP contribution in [-0.4, -0.2) is 53.5 Å². The zero-order valence-corrected chi connectivity index (χ0v) is 11.6. The first kappa shape index (κ1) is 15.0. The molecule has 1 aliphatic heterocycles. The lowest BCUT2D eigenvalue weighted by atomic mass is 10.1. The second-order valence-corrected chi connectivity index (χ2v) is 4.73. The first-order valence-corrected chi connectivity index (χ1v) is 6.45. The molecular weight excluding hydrogens is 275 g/mol. The van der Waals surface area contributed by atoms with Crippen molar-refractivity contribution in [3.8, 4) is 11.8 Å². The minimum atomic E-state index is -0.559. The molecule has 0 atom stereocenters. The molecule has 5 nitrogen and oxygen atoms in total. The Bertz CT molecular complexity index is 634. The largest absolute Gasteiger partial charge is 0.384 e. The van der Waals surface area contributed by atoms with Gasteiger partial charge in [-0.25, -0.2) is 4.39 Å². The molecule has 110 valence electrons. The minimum Gasteiger partial charge on any atom is -0.384 e. The van der Waals surface area contributed by atoms with Gasteiger partial charge in [-0.1, -0.05) is 17.9 Å². The van der Waals surface area contributed by atoms with Crippen LogP contribution in [0.3, 0.4) is 0 Å². The van der Waals surface area contributed by atoms with E-state index in [9.17, 15) is 14.0 Å². The van der Waals surface area contributed by atoms with E-state index in [-0.39, 0.29) is 18.7 Å². The number of carbonyl (C=O) groups is 2. The van der Waals surface area contributed by atoms with Crippen LogP contribution >= 0.6 is 0 Å². The van der Waals surface area contributed by atoms with E-state index in [0.717, 1.165) is 0 Å². The molecule has 2 amide bonds. The number of hydrogen-bond acceptors (Lipinski definition) is 3. The number of benzene rings is 1. The second-order valence-electron chi connectivity index (χ2n) is 4.73. The average molecular weight is 290 g/mol.